The Bertz CT molecular complexity index is 650. The smallest absolute Gasteiger partial charge is 0.310 e. The zero-order valence-corrected chi connectivity index (χ0v) is 11.9. The maximum atomic E-state index is 12.7. The highest BCUT2D eigenvalue weighted by atomic mass is 32.5. The van der Waals surface area contributed by atoms with Gasteiger partial charge in [-0.25, -0.2) is 0 Å². The SMILES string of the molecule is CCn1cc(NCc2cccc(S(F)(F)(F)(F)F)c2)cn1. The second kappa shape index (κ2) is 4.36. The number of halogens is 5. The fourth-order valence-corrected chi connectivity index (χ4v) is 2.44. The first-order chi connectivity index (χ1) is 9.47. The van der Waals surface area contributed by atoms with Crippen molar-refractivity contribution in [3.63, 3.8) is 0 Å². The molecule has 0 unspecified atom stereocenters. The summed E-state index contributed by atoms with van der Waals surface area (Å²) in [5.41, 5.74) is 0.722. The highest BCUT2D eigenvalue weighted by molar-refractivity contribution is 8.45. The number of nitrogens with zero attached hydrogens (tertiary/aromatic N) is 2. The van der Waals surface area contributed by atoms with Gasteiger partial charge < -0.3 is 5.32 Å². The van der Waals surface area contributed by atoms with Crippen molar-refractivity contribution in [2.45, 2.75) is 24.9 Å². The molecule has 3 nitrogen and oxygen atoms in total. The predicted octanol–water partition coefficient (Wildman–Crippen LogP) is 5.17. The van der Waals surface area contributed by atoms with E-state index >= 15 is 0 Å². The van der Waals surface area contributed by atoms with E-state index in [0.717, 1.165) is 6.07 Å². The Balaban J connectivity index is 2.16. The van der Waals surface area contributed by atoms with Crippen molar-refractivity contribution in [2.75, 3.05) is 5.32 Å². The minimum atomic E-state index is -9.63. The molecule has 0 saturated heterocycles. The van der Waals surface area contributed by atoms with Crippen molar-refractivity contribution in [3.8, 4) is 0 Å². The molecule has 2 rings (SSSR count). The Morgan fingerprint density at radius 2 is 1.90 bits per heavy atom. The molecular formula is C12H14F5N3S. The van der Waals surface area contributed by atoms with Gasteiger partial charge in [-0.3, -0.25) is 4.68 Å². The topological polar surface area (TPSA) is 29.9 Å². The van der Waals surface area contributed by atoms with Gasteiger partial charge in [-0.2, -0.15) is 5.10 Å². The Hall–Kier alpha value is -1.77. The molecule has 9 heteroatoms. The molecule has 0 aliphatic rings. The lowest BCUT2D eigenvalue weighted by Gasteiger charge is -2.40. The monoisotopic (exact) mass is 327 g/mol. The van der Waals surface area contributed by atoms with Crippen LogP contribution in [0.5, 0.6) is 0 Å². The lowest BCUT2D eigenvalue weighted by Crippen LogP contribution is -2.07. The Kier molecular flexibility index (Phi) is 3.24. The van der Waals surface area contributed by atoms with Crippen LogP contribution in [0.4, 0.5) is 25.1 Å². The molecule has 0 spiro atoms. The van der Waals surface area contributed by atoms with E-state index < -0.39 is 15.1 Å². The molecule has 0 bridgehead atoms. The van der Waals surface area contributed by atoms with E-state index in [4.69, 9.17) is 0 Å². The highest BCUT2D eigenvalue weighted by Gasteiger charge is 2.65. The molecule has 0 fully saturated rings. The molecule has 1 heterocycles. The summed E-state index contributed by atoms with van der Waals surface area (Å²) in [6, 6.07) is 3.18. The minimum absolute atomic E-state index is 0.00289. The Labute approximate surface area is 118 Å². The summed E-state index contributed by atoms with van der Waals surface area (Å²) in [7, 11) is -9.63. The standard InChI is InChI=1S/C12H14F5N3S/c1-2-20-9-11(8-19-20)18-7-10-4-3-5-12(6-10)21(13,14,15,16)17/h3-6,8-9,18H,2,7H2,1H3. The average molecular weight is 327 g/mol. The number of benzene rings is 1. The van der Waals surface area contributed by atoms with Crippen LogP contribution in [0.2, 0.25) is 0 Å². The zero-order chi connectivity index (χ0) is 15.8. The van der Waals surface area contributed by atoms with E-state index in [0.29, 0.717) is 24.4 Å². The quantitative estimate of drug-likeness (QED) is 0.768. The first kappa shape index (κ1) is 15.6. The number of aromatic nitrogens is 2. The maximum Gasteiger partial charge on any atom is 0.310 e. The van der Waals surface area contributed by atoms with Gasteiger partial charge in [0.05, 0.1) is 11.9 Å². The van der Waals surface area contributed by atoms with Crippen molar-refractivity contribution < 1.29 is 19.4 Å². The van der Waals surface area contributed by atoms with Gasteiger partial charge in [0.2, 0.25) is 0 Å². The zero-order valence-electron chi connectivity index (χ0n) is 11.1. The van der Waals surface area contributed by atoms with Crippen LogP contribution >= 0.6 is 10.2 Å². The third kappa shape index (κ3) is 4.10. The second-order valence-electron chi connectivity index (χ2n) is 4.55. The number of rotatable bonds is 5. The molecule has 1 aromatic carbocycles. The Morgan fingerprint density at radius 1 is 1.19 bits per heavy atom. The molecule has 0 aliphatic heterocycles. The first-order valence-corrected chi connectivity index (χ1v) is 8.02. The van der Waals surface area contributed by atoms with Crippen molar-refractivity contribution in [1.82, 2.24) is 9.78 Å². The fraction of sp³-hybridized carbons (Fsp3) is 0.250. The fourth-order valence-electron chi connectivity index (χ4n) is 1.73. The second-order valence-corrected chi connectivity index (χ2v) is 6.96. The third-order valence-corrected chi connectivity index (χ3v) is 3.94. The molecule has 2 aromatic rings. The molecular weight excluding hydrogens is 313 g/mol. The van der Waals surface area contributed by atoms with Crippen molar-refractivity contribution in [1.29, 1.82) is 0 Å². The van der Waals surface area contributed by atoms with Crippen LogP contribution in [0.3, 0.4) is 0 Å². The van der Waals surface area contributed by atoms with E-state index in [1.54, 1.807) is 10.9 Å². The summed E-state index contributed by atoms with van der Waals surface area (Å²) >= 11 is 0. The van der Waals surface area contributed by atoms with E-state index in [1.165, 1.54) is 12.3 Å². The van der Waals surface area contributed by atoms with E-state index in [1.807, 2.05) is 6.92 Å². The number of aryl methyl sites for hydroxylation is 1. The summed E-state index contributed by atoms with van der Waals surface area (Å²) in [6.07, 6.45) is 3.19. The van der Waals surface area contributed by atoms with Gasteiger partial charge in [0.15, 0.2) is 0 Å². The summed E-state index contributed by atoms with van der Waals surface area (Å²) in [5, 5.41) is 6.82. The van der Waals surface area contributed by atoms with Crippen LogP contribution in [0.25, 0.3) is 0 Å². The van der Waals surface area contributed by atoms with Gasteiger partial charge in [0.1, 0.15) is 4.90 Å². The number of anilines is 1. The summed E-state index contributed by atoms with van der Waals surface area (Å²) in [4.78, 5) is -1.88. The summed E-state index contributed by atoms with van der Waals surface area (Å²) in [6.45, 7) is 2.54. The molecule has 0 saturated carbocycles. The minimum Gasteiger partial charge on any atom is -0.378 e. The highest BCUT2D eigenvalue weighted by Crippen LogP contribution is 3.02. The van der Waals surface area contributed by atoms with Crippen LogP contribution in [0, 0.1) is 0 Å². The summed E-state index contributed by atoms with van der Waals surface area (Å²) in [5.74, 6) is 0. The maximum absolute atomic E-state index is 12.7. The van der Waals surface area contributed by atoms with E-state index in [9.17, 15) is 19.4 Å². The van der Waals surface area contributed by atoms with Crippen molar-refractivity contribution in [3.05, 3.63) is 42.2 Å². The van der Waals surface area contributed by atoms with E-state index in [2.05, 4.69) is 10.4 Å². The lowest BCUT2D eigenvalue weighted by atomic mass is 10.2. The molecule has 0 amide bonds. The van der Waals surface area contributed by atoms with Gasteiger partial charge in [-0.1, -0.05) is 31.6 Å². The largest absolute Gasteiger partial charge is 0.378 e. The van der Waals surface area contributed by atoms with Crippen LogP contribution < -0.4 is 5.32 Å². The van der Waals surface area contributed by atoms with Crippen molar-refractivity contribution >= 4 is 15.9 Å². The first-order valence-electron chi connectivity index (χ1n) is 6.07. The number of hydrogen-bond donors (Lipinski definition) is 1. The average Bonchev–Trinajstić information content (AvgIpc) is 2.82. The van der Waals surface area contributed by atoms with Gasteiger partial charge >= 0.3 is 10.2 Å². The summed E-state index contributed by atoms with van der Waals surface area (Å²) < 4.78 is 65.2. The van der Waals surface area contributed by atoms with Crippen LogP contribution in [-0.2, 0) is 13.1 Å². The number of nitrogens with one attached hydrogen (secondary N) is 1. The molecule has 1 N–H and O–H groups in total. The van der Waals surface area contributed by atoms with Gasteiger partial charge in [-0.15, -0.1) is 0 Å². The van der Waals surface area contributed by atoms with Crippen LogP contribution in [-0.4, -0.2) is 9.78 Å². The van der Waals surface area contributed by atoms with Crippen LogP contribution in [0.15, 0.2) is 41.6 Å². The number of hydrogen-bond acceptors (Lipinski definition) is 2. The molecule has 0 radical (unpaired) electrons. The molecule has 1 aromatic heterocycles. The van der Waals surface area contributed by atoms with Crippen molar-refractivity contribution in [2.24, 2.45) is 0 Å². The molecule has 0 aliphatic carbocycles. The van der Waals surface area contributed by atoms with Crippen LogP contribution in [0.1, 0.15) is 12.5 Å². The van der Waals surface area contributed by atoms with Gasteiger partial charge in [-0.05, 0) is 24.6 Å². The van der Waals surface area contributed by atoms with E-state index in [-0.39, 0.29) is 12.1 Å². The predicted molar refractivity (Wildman–Crippen MR) is 73.1 cm³/mol. The lowest BCUT2D eigenvalue weighted by molar-refractivity contribution is 0.364. The van der Waals surface area contributed by atoms with Gasteiger partial charge in [0.25, 0.3) is 0 Å². The Morgan fingerprint density at radius 3 is 2.48 bits per heavy atom. The molecule has 118 valence electrons. The van der Waals surface area contributed by atoms with Gasteiger partial charge in [0, 0.05) is 19.3 Å². The normalized spacial score (nSPS) is 15.3. The third-order valence-electron chi connectivity index (χ3n) is 2.80. The molecule has 0 atom stereocenters. The molecule has 21 heavy (non-hydrogen) atoms.